The predicted octanol–water partition coefficient (Wildman–Crippen LogP) is 3.58. The molecule has 0 aromatic heterocycles. The van der Waals surface area contributed by atoms with Crippen LogP contribution in [-0.2, 0) is 5.41 Å². The normalized spacial score (nSPS) is 31.0. The fourth-order valence-electron chi connectivity index (χ4n) is 3.80. The Morgan fingerprint density at radius 3 is 2.75 bits per heavy atom. The second kappa shape index (κ2) is 3.19. The molecule has 0 unspecified atom stereocenters. The molecule has 0 bridgehead atoms. The van der Waals surface area contributed by atoms with E-state index in [-0.39, 0.29) is 5.41 Å². The van der Waals surface area contributed by atoms with Crippen molar-refractivity contribution in [2.24, 2.45) is 11.8 Å². The van der Waals surface area contributed by atoms with E-state index in [9.17, 15) is 4.79 Å². The zero-order chi connectivity index (χ0) is 11.3. The molecule has 3 rings (SSSR count). The maximum absolute atomic E-state index is 12.4. The van der Waals surface area contributed by atoms with Crippen LogP contribution in [0.25, 0.3) is 0 Å². The highest BCUT2D eigenvalue weighted by atomic mass is 16.1. The molecular formula is C15H18O. The molecule has 0 saturated heterocycles. The van der Waals surface area contributed by atoms with Crippen molar-refractivity contribution in [3.63, 3.8) is 0 Å². The van der Waals surface area contributed by atoms with Gasteiger partial charge in [-0.3, -0.25) is 4.79 Å². The lowest BCUT2D eigenvalue weighted by Gasteiger charge is -2.41. The number of ketones is 1. The van der Waals surface area contributed by atoms with Crippen molar-refractivity contribution in [2.75, 3.05) is 0 Å². The third-order valence-electron chi connectivity index (χ3n) is 4.67. The molecule has 0 amide bonds. The fraction of sp³-hybridized carbons (Fsp3) is 0.533. The van der Waals surface area contributed by atoms with Crippen LogP contribution < -0.4 is 0 Å². The Labute approximate surface area is 96.9 Å². The number of hydrogen-bond donors (Lipinski definition) is 0. The number of carbonyl (C=O) groups excluding carboxylic acids is 1. The second-order valence-electron chi connectivity index (χ2n) is 5.78. The monoisotopic (exact) mass is 214 g/mol. The van der Waals surface area contributed by atoms with Crippen molar-refractivity contribution < 1.29 is 4.79 Å². The quantitative estimate of drug-likeness (QED) is 0.645. The summed E-state index contributed by atoms with van der Waals surface area (Å²) in [6.07, 6.45) is 3.54. The molecule has 0 spiro atoms. The van der Waals surface area contributed by atoms with Crippen molar-refractivity contribution in [2.45, 2.75) is 38.5 Å². The van der Waals surface area contributed by atoms with Gasteiger partial charge in [0.15, 0.2) is 5.78 Å². The van der Waals surface area contributed by atoms with E-state index in [1.165, 1.54) is 18.4 Å². The lowest BCUT2D eigenvalue weighted by molar-refractivity contribution is 0.0817. The summed E-state index contributed by atoms with van der Waals surface area (Å²) in [5.41, 5.74) is 2.42. The van der Waals surface area contributed by atoms with Gasteiger partial charge in [-0.2, -0.15) is 0 Å². The standard InChI is InChI=1S/C15H18O/c1-15(2)12-8-4-3-6-10(12)14(16)11-7-5-9-13(11)15/h3-4,6,8,11,13H,5,7,9H2,1-2H3/t11-,13-/m1/s1. The van der Waals surface area contributed by atoms with E-state index in [2.05, 4.69) is 26.0 Å². The van der Waals surface area contributed by atoms with Gasteiger partial charge in [-0.15, -0.1) is 0 Å². The van der Waals surface area contributed by atoms with Gasteiger partial charge in [-0.1, -0.05) is 44.5 Å². The van der Waals surface area contributed by atoms with Gasteiger partial charge in [0.1, 0.15) is 0 Å². The molecule has 0 radical (unpaired) electrons. The van der Waals surface area contributed by atoms with E-state index in [1.807, 2.05) is 12.1 Å². The van der Waals surface area contributed by atoms with Gasteiger partial charge in [0.05, 0.1) is 0 Å². The minimum absolute atomic E-state index is 0.172. The van der Waals surface area contributed by atoms with Crippen molar-refractivity contribution in [1.29, 1.82) is 0 Å². The van der Waals surface area contributed by atoms with Crippen LogP contribution in [-0.4, -0.2) is 5.78 Å². The molecule has 0 heterocycles. The summed E-state index contributed by atoms with van der Waals surface area (Å²) in [5.74, 6) is 1.26. The number of Topliss-reactive ketones (excluding diaryl/α,β-unsaturated/α-hetero) is 1. The topological polar surface area (TPSA) is 17.1 Å². The summed E-state index contributed by atoms with van der Waals surface area (Å²) in [6, 6.07) is 8.20. The third kappa shape index (κ3) is 1.15. The molecule has 1 aromatic rings. The van der Waals surface area contributed by atoms with Crippen molar-refractivity contribution in [3.05, 3.63) is 35.4 Å². The average molecular weight is 214 g/mol. The van der Waals surface area contributed by atoms with Gasteiger partial charge in [-0.25, -0.2) is 0 Å². The Morgan fingerprint density at radius 1 is 1.19 bits per heavy atom. The van der Waals surface area contributed by atoms with Crippen LogP contribution in [0.2, 0.25) is 0 Å². The summed E-state index contributed by atoms with van der Waals surface area (Å²) in [5, 5.41) is 0. The van der Waals surface area contributed by atoms with Crippen LogP contribution in [0.15, 0.2) is 24.3 Å². The lowest BCUT2D eigenvalue weighted by atomic mass is 9.62. The number of carbonyl (C=O) groups is 1. The predicted molar refractivity (Wildman–Crippen MR) is 64.6 cm³/mol. The van der Waals surface area contributed by atoms with E-state index in [4.69, 9.17) is 0 Å². The van der Waals surface area contributed by atoms with E-state index in [1.54, 1.807) is 0 Å². The third-order valence-corrected chi connectivity index (χ3v) is 4.67. The summed E-state index contributed by atoms with van der Waals surface area (Å²) in [6.45, 7) is 4.61. The van der Waals surface area contributed by atoms with Gasteiger partial charge in [0, 0.05) is 11.5 Å². The van der Waals surface area contributed by atoms with Crippen LogP contribution in [0.1, 0.15) is 49.0 Å². The van der Waals surface area contributed by atoms with Crippen molar-refractivity contribution in [3.8, 4) is 0 Å². The van der Waals surface area contributed by atoms with Crippen LogP contribution in [0, 0.1) is 11.8 Å². The molecule has 2 atom stereocenters. The largest absolute Gasteiger partial charge is 0.294 e. The Bertz CT molecular complexity index is 445. The smallest absolute Gasteiger partial charge is 0.166 e. The first-order valence-corrected chi connectivity index (χ1v) is 6.26. The van der Waals surface area contributed by atoms with E-state index in [0.29, 0.717) is 17.6 Å². The number of fused-ring (bicyclic) bond motifs is 2. The molecule has 2 aliphatic carbocycles. The second-order valence-corrected chi connectivity index (χ2v) is 5.78. The van der Waals surface area contributed by atoms with E-state index in [0.717, 1.165) is 12.0 Å². The Hall–Kier alpha value is -1.11. The van der Waals surface area contributed by atoms with Crippen LogP contribution in [0.5, 0.6) is 0 Å². The lowest BCUT2D eigenvalue weighted by Crippen LogP contribution is -2.41. The first-order chi connectivity index (χ1) is 7.62. The maximum atomic E-state index is 12.4. The highest BCUT2D eigenvalue weighted by molar-refractivity contribution is 6.01. The zero-order valence-corrected chi connectivity index (χ0v) is 9.99. The van der Waals surface area contributed by atoms with Gasteiger partial charge in [0.25, 0.3) is 0 Å². The summed E-state index contributed by atoms with van der Waals surface area (Å²) < 4.78 is 0. The van der Waals surface area contributed by atoms with Gasteiger partial charge < -0.3 is 0 Å². The van der Waals surface area contributed by atoms with Crippen LogP contribution in [0.3, 0.4) is 0 Å². The average Bonchev–Trinajstić information content (AvgIpc) is 2.76. The minimum Gasteiger partial charge on any atom is -0.294 e. The summed E-state index contributed by atoms with van der Waals surface area (Å²) in [7, 11) is 0. The first-order valence-electron chi connectivity index (χ1n) is 6.26. The molecule has 1 fully saturated rings. The van der Waals surface area contributed by atoms with Gasteiger partial charge in [-0.05, 0) is 29.7 Å². The van der Waals surface area contributed by atoms with Crippen molar-refractivity contribution in [1.82, 2.24) is 0 Å². The zero-order valence-electron chi connectivity index (χ0n) is 9.99. The van der Waals surface area contributed by atoms with Gasteiger partial charge >= 0.3 is 0 Å². The SMILES string of the molecule is CC1(C)c2ccccc2C(=O)[C@@H]2CCC[C@H]21. The summed E-state index contributed by atoms with van der Waals surface area (Å²) in [4.78, 5) is 12.4. The highest BCUT2D eigenvalue weighted by Gasteiger charge is 2.48. The Balaban J connectivity index is 2.21. The highest BCUT2D eigenvalue weighted by Crippen LogP contribution is 2.51. The molecule has 1 nitrogen and oxygen atoms in total. The summed E-state index contributed by atoms with van der Waals surface area (Å²) >= 11 is 0. The van der Waals surface area contributed by atoms with Crippen LogP contribution in [0.4, 0.5) is 0 Å². The molecule has 0 aliphatic heterocycles. The molecule has 16 heavy (non-hydrogen) atoms. The number of hydrogen-bond acceptors (Lipinski definition) is 1. The molecule has 84 valence electrons. The molecule has 1 aromatic carbocycles. The molecule has 1 heteroatoms. The Morgan fingerprint density at radius 2 is 1.94 bits per heavy atom. The number of benzene rings is 1. The molecule has 0 N–H and O–H groups in total. The van der Waals surface area contributed by atoms with Crippen LogP contribution >= 0.6 is 0 Å². The minimum atomic E-state index is 0.172. The molecular weight excluding hydrogens is 196 g/mol. The van der Waals surface area contributed by atoms with E-state index >= 15 is 0 Å². The fourth-order valence-corrected chi connectivity index (χ4v) is 3.80. The Kier molecular flexibility index (Phi) is 2.01. The molecule has 1 saturated carbocycles. The van der Waals surface area contributed by atoms with Gasteiger partial charge in [0.2, 0.25) is 0 Å². The molecule has 2 aliphatic rings. The number of rotatable bonds is 0. The first kappa shape index (κ1) is 10.1. The maximum Gasteiger partial charge on any atom is 0.166 e. The van der Waals surface area contributed by atoms with E-state index < -0.39 is 0 Å². The van der Waals surface area contributed by atoms with Crippen molar-refractivity contribution >= 4 is 5.78 Å².